The fourth-order valence-corrected chi connectivity index (χ4v) is 1.95. The van der Waals surface area contributed by atoms with Gasteiger partial charge >= 0.3 is 0 Å². The molecular weight excluding hydrogens is 174 g/mol. The van der Waals surface area contributed by atoms with E-state index in [0.29, 0.717) is 0 Å². The first-order valence-electron chi connectivity index (χ1n) is 5.76. The van der Waals surface area contributed by atoms with E-state index >= 15 is 0 Å². The van der Waals surface area contributed by atoms with Crippen LogP contribution in [0.3, 0.4) is 0 Å². The summed E-state index contributed by atoms with van der Waals surface area (Å²) in [6.07, 6.45) is 4.25. The minimum atomic E-state index is -0.391. The molecule has 14 heavy (non-hydrogen) atoms. The molecule has 2 nitrogen and oxygen atoms in total. The summed E-state index contributed by atoms with van der Waals surface area (Å²) in [6.45, 7) is 9.66. The van der Waals surface area contributed by atoms with E-state index < -0.39 is 5.60 Å². The molecule has 0 heterocycles. The largest absolute Gasteiger partial charge is 0.390 e. The summed E-state index contributed by atoms with van der Waals surface area (Å²) in [5.41, 5.74) is -0.168. The van der Waals surface area contributed by atoms with Gasteiger partial charge in [0.15, 0.2) is 0 Å². The Hall–Kier alpha value is -0.0800. The normalized spacial score (nSPS) is 34.5. The second kappa shape index (κ2) is 4.19. The molecule has 2 N–H and O–H groups in total. The number of hydrogen-bond acceptors (Lipinski definition) is 2. The van der Waals surface area contributed by atoms with Gasteiger partial charge in [0.05, 0.1) is 5.60 Å². The van der Waals surface area contributed by atoms with E-state index in [4.69, 9.17) is 0 Å². The first-order valence-corrected chi connectivity index (χ1v) is 5.76. The molecule has 0 atom stereocenters. The van der Waals surface area contributed by atoms with Gasteiger partial charge in [0, 0.05) is 5.54 Å². The van der Waals surface area contributed by atoms with Crippen LogP contribution in [-0.4, -0.2) is 22.8 Å². The zero-order chi connectivity index (χ0) is 10.8. The molecule has 1 rings (SSSR count). The third kappa shape index (κ3) is 4.43. The zero-order valence-corrected chi connectivity index (χ0v) is 10.1. The first-order chi connectivity index (χ1) is 6.29. The molecule has 0 saturated heterocycles. The van der Waals surface area contributed by atoms with Crippen LogP contribution in [0, 0.1) is 5.92 Å². The van der Waals surface area contributed by atoms with E-state index in [2.05, 4.69) is 26.1 Å². The molecule has 0 aromatic rings. The molecule has 0 unspecified atom stereocenters. The maximum absolute atomic E-state index is 9.80. The second-order valence-electron chi connectivity index (χ2n) is 6.07. The molecule has 0 amide bonds. The summed E-state index contributed by atoms with van der Waals surface area (Å²) in [6, 6.07) is 0. The summed E-state index contributed by atoms with van der Waals surface area (Å²) < 4.78 is 0. The fourth-order valence-electron chi connectivity index (χ4n) is 1.95. The van der Waals surface area contributed by atoms with Gasteiger partial charge < -0.3 is 10.4 Å². The SMILES string of the molecule is CC(C)(C)NC[C@H]1CC[C@](C)(O)CC1. The van der Waals surface area contributed by atoms with Crippen molar-refractivity contribution in [1.29, 1.82) is 0 Å². The molecule has 0 aromatic heterocycles. The Morgan fingerprint density at radius 2 is 1.79 bits per heavy atom. The van der Waals surface area contributed by atoms with Crippen molar-refractivity contribution < 1.29 is 5.11 Å². The Labute approximate surface area is 88.1 Å². The van der Waals surface area contributed by atoms with Crippen LogP contribution in [0.5, 0.6) is 0 Å². The monoisotopic (exact) mass is 199 g/mol. The molecular formula is C12H25NO. The van der Waals surface area contributed by atoms with Crippen molar-refractivity contribution in [2.75, 3.05) is 6.54 Å². The highest BCUT2D eigenvalue weighted by Crippen LogP contribution is 2.31. The lowest BCUT2D eigenvalue weighted by atomic mass is 9.80. The van der Waals surface area contributed by atoms with Crippen LogP contribution in [0.2, 0.25) is 0 Å². The third-order valence-electron chi connectivity index (χ3n) is 3.10. The minimum Gasteiger partial charge on any atom is -0.390 e. The smallest absolute Gasteiger partial charge is 0.0620 e. The lowest BCUT2D eigenvalue weighted by Gasteiger charge is -2.34. The number of nitrogens with one attached hydrogen (secondary N) is 1. The maximum Gasteiger partial charge on any atom is 0.0620 e. The van der Waals surface area contributed by atoms with Crippen molar-refractivity contribution in [3.05, 3.63) is 0 Å². The summed E-state index contributed by atoms with van der Waals surface area (Å²) in [4.78, 5) is 0. The Kier molecular flexibility index (Phi) is 3.59. The van der Waals surface area contributed by atoms with Gasteiger partial charge in [-0.1, -0.05) is 0 Å². The fraction of sp³-hybridized carbons (Fsp3) is 1.00. The molecule has 2 heteroatoms. The molecule has 1 fully saturated rings. The lowest BCUT2D eigenvalue weighted by Crippen LogP contribution is -2.41. The van der Waals surface area contributed by atoms with Gasteiger partial charge in [-0.2, -0.15) is 0 Å². The standard InChI is InChI=1S/C12H25NO/c1-11(2,3)13-9-10-5-7-12(4,14)8-6-10/h10,13-14H,5-9H2,1-4H3/t10-,12-. The Bertz CT molecular complexity index is 171. The maximum atomic E-state index is 9.80. The van der Waals surface area contributed by atoms with Crippen LogP contribution in [-0.2, 0) is 0 Å². The van der Waals surface area contributed by atoms with Gasteiger partial charge in [0.1, 0.15) is 0 Å². The van der Waals surface area contributed by atoms with E-state index in [0.717, 1.165) is 38.1 Å². The van der Waals surface area contributed by atoms with Crippen molar-refractivity contribution >= 4 is 0 Å². The van der Waals surface area contributed by atoms with Gasteiger partial charge in [-0.25, -0.2) is 0 Å². The zero-order valence-electron chi connectivity index (χ0n) is 10.1. The molecule has 0 radical (unpaired) electrons. The van der Waals surface area contributed by atoms with Crippen LogP contribution in [0.4, 0.5) is 0 Å². The molecule has 1 saturated carbocycles. The molecule has 0 bridgehead atoms. The average Bonchev–Trinajstić information content (AvgIpc) is 2.01. The lowest BCUT2D eigenvalue weighted by molar-refractivity contribution is 0.00757. The van der Waals surface area contributed by atoms with Gasteiger partial charge in [-0.05, 0) is 65.8 Å². The minimum absolute atomic E-state index is 0.222. The molecule has 1 aliphatic carbocycles. The van der Waals surface area contributed by atoms with Crippen LogP contribution in [0.15, 0.2) is 0 Å². The molecule has 0 spiro atoms. The summed E-state index contributed by atoms with van der Waals surface area (Å²) in [7, 11) is 0. The van der Waals surface area contributed by atoms with Gasteiger partial charge in [0.2, 0.25) is 0 Å². The topological polar surface area (TPSA) is 32.3 Å². The second-order valence-corrected chi connectivity index (χ2v) is 6.07. The third-order valence-corrected chi connectivity index (χ3v) is 3.10. The van der Waals surface area contributed by atoms with E-state index in [1.165, 1.54) is 0 Å². The van der Waals surface area contributed by atoms with Crippen molar-refractivity contribution in [2.45, 2.75) is 64.5 Å². The van der Waals surface area contributed by atoms with E-state index in [1.807, 2.05) is 6.92 Å². The van der Waals surface area contributed by atoms with Crippen LogP contribution < -0.4 is 5.32 Å². The Morgan fingerprint density at radius 3 is 2.21 bits per heavy atom. The highest BCUT2D eigenvalue weighted by Gasteiger charge is 2.28. The quantitative estimate of drug-likeness (QED) is 0.715. The van der Waals surface area contributed by atoms with Gasteiger partial charge in [-0.3, -0.25) is 0 Å². The Morgan fingerprint density at radius 1 is 1.29 bits per heavy atom. The summed E-state index contributed by atoms with van der Waals surface area (Å²) in [5, 5.41) is 13.3. The first kappa shape index (κ1) is 12.0. The molecule has 0 aromatic carbocycles. The van der Waals surface area contributed by atoms with Gasteiger partial charge in [0.25, 0.3) is 0 Å². The van der Waals surface area contributed by atoms with E-state index in [-0.39, 0.29) is 5.54 Å². The van der Waals surface area contributed by atoms with Crippen molar-refractivity contribution in [2.24, 2.45) is 5.92 Å². The van der Waals surface area contributed by atoms with E-state index in [1.54, 1.807) is 0 Å². The van der Waals surface area contributed by atoms with Crippen LogP contribution >= 0.6 is 0 Å². The Balaban J connectivity index is 2.23. The van der Waals surface area contributed by atoms with E-state index in [9.17, 15) is 5.11 Å². The number of hydrogen-bond donors (Lipinski definition) is 2. The number of aliphatic hydroxyl groups is 1. The van der Waals surface area contributed by atoms with Crippen LogP contribution in [0.1, 0.15) is 53.4 Å². The van der Waals surface area contributed by atoms with Crippen molar-refractivity contribution in [3.8, 4) is 0 Å². The highest BCUT2D eigenvalue weighted by atomic mass is 16.3. The molecule has 1 aliphatic rings. The highest BCUT2D eigenvalue weighted by molar-refractivity contribution is 4.83. The predicted octanol–water partition coefficient (Wildman–Crippen LogP) is 2.32. The van der Waals surface area contributed by atoms with Crippen molar-refractivity contribution in [3.63, 3.8) is 0 Å². The average molecular weight is 199 g/mol. The predicted molar refractivity (Wildman–Crippen MR) is 60.3 cm³/mol. The molecule has 84 valence electrons. The van der Waals surface area contributed by atoms with Gasteiger partial charge in [-0.15, -0.1) is 0 Å². The summed E-state index contributed by atoms with van der Waals surface area (Å²) in [5.74, 6) is 0.759. The molecule has 0 aliphatic heterocycles. The van der Waals surface area contributed by atoms with Crippen LogP contribution in [0.25, 0.3) is 0 Å². The van der Waals surface area contributed by atoms with Crippen molar-refractivity contribution in [1.82, 2.24) is 5.32 Å². The number of rotatable bonds is 2. The summed E-state index contributed by atoms with van der Waals surface area (Å²) >= 11 is 0.